The van der Waals surface area contributed by atoms with E-state index < -0.39 is 0 Å². The highest BCUT2D eigenvalue weighted by Gasteiger charge is 1.99. The van der Waals surface area contributed by atoms with Gasteiger partial charge in [0, 0.05) is 25.6 Å². The first-order valence-corrected chi connectivity index (χ1v) is 6.15. The van der Waals surface area contributed by atoms with Crippen molar-refractivity contribution in [2.24, 2.45) is 5.73 Å². The molecule has 0 aliphatic carbocycles. The number of rotatable bonds is 7. The zero-order valence-electron chi connectivity index (χ0n) is 10.3. The van der Waals surface area contributed by atoms with Gasteiger partial charge < -0.3 is 10.5 Å². The van der Waals surface area contributed by atoms with Gasteiger partial charge in [-0.2, -0.15) is 0 Å². The van der Waals surface area contributed by atoms with Crippen molar-refractivity contribution in [1.29, 1.82) is 0 Å². The summed E-state index contributed by atoms with van der Waals surface area (Å²) in [5.41, 5.74) is 6.40. The molecule has 5 nitrogen and oxygen atoms in total. The van der Waals surface area contributed by atoms with E-state index >= 15 is 0 Å². The molecule has 0 atom stereocenters. The maximum absolute atomic E-state index is 5.60. The van der Waals surface area contributed by atoms with Crippen LogP contribution in [0, 0.1) is 0 Å². The summed E-state index contributed by atoms with van der Waals surface area (Å²) in [7, 11) is 0. The van der Waals surface area contributed by atoms with E-state index in [1.54, 1.807) is 0 Å². The molecule has 2 rings (SSSR count). The zero-order chi connectivity index (χ0) is 12.6. The molecule has 5 heteroatoms. The summed E-state index contributed by atoms with van der Waals surface area (Å²) >= 11 is 0. The van der Waals surface area contributed by atoms with Gasteiger partial charge >= 0.3 is 0 Å². The normalized spacial score (nSPS) is 10.5. The second-order valence-electron chi connectivity index (χ2n) is 4.03. The molecule has 1 heterocycles. The van der Waals surface area contributed by atoms with Gasteiger partial charge in [-0.1, -0.05) is 23.4 Å². The van der Waals surface area contributed by atoms with Crippen molar-refractivity contribution in [3.8, 4) is 5.75 Å². The highest BCUT2D eigenvalue weighted by atomic mass is 16.5. The van der Waals surface area contributed by atoms with Crippen LogP contribution in [-0.2, 0) is 13.0 Å². The third-order valence-electron chi connectivity index (χ3n) is 2.53. The van der Waals surface area contributed by atoms with Crippen LogP contribution >= 0.6 is 0 Å². The van der Waals surface area contributed by atoms with E-state index in [4.69, 9.17) is 10.5 Å². The average Bonchev–Trinajstić information content (AvgIpc) is 2.84. The van der Waals surface area contributed by atoms with Crippen molar-refractivity contribution < 1.29 is 4.74 Å². The first kappa shape index (κ1) is 12.6. The Morgan fingerprint density at radius 2 is 2.06 bits per heavy atom. The minimum Gasteiger partial charge on any atom is -0.494 e. The van der Waals surface area contributed by atoms with Crippen LogP contribution in [0.15, 0.2) is 36.5 Å². The first-order chi connectivity index (χ1) is 8.88. The van der Waals surface area contributed by atoms with Crippen LogP contribution in [0.2, 0.25) is 0 Å². The fourth-order valence-corrected chi connectivity index (χ4v) is 1.64. The molecule has 2 N–H and O–H groups in total. The number of aryl methyl sites for hydroxylation is 1. The van der Waals surface area contributed by atoms with E-state index in [9.17, 15) is 0 Å². The highest BCUT2D eigenvalue weighted by Crippen LogP contribution is 2.08. The molecular formula is C13H18N4O. The molecule has 0 spiro atoms. The van der Waals surface area contributed by atoms with Crippen molar-refractivity contribution >= 4 is 0 Å². The summed E-state index contributed by atoms with van der Waals surface area (Å²) < 4.78 is 7.43. The lowest BCUT2D eigenvalue weighted by molar-refractivity contribution is 0.298. The predicted molar refractivity (Wildman–Crippen MR) is 69.3 cm³/mol. The minimum atomic E-state index is 0.607. The molecule has 2 aromatic rings. The number of hydrogen-bond donors (Lipinski definition) is 1. The topological polar surface area (TPSA) is 66.0 Å². The third-order valence-corrected chi connectivity index (χ3v) is 2.53. The molecule has 18 heavy (non-hydrogen) atoms. The Bertz CT molecular complexity index is 455. The molecule has 0 unspecified atom stereocenters. The van der Waals surface area contributed by atoms with Gasteiger partial charge in [0.15, 0.2) is 0 Å². The van der Waals surface area contributed by atoms with Gasteiger partial charge in [-0.05, 0) is 18.7 Å². The number of nitrogens with two attached hydrogens (primary N) is 1. The Morgan fingerprint density at radius 3 is 2.83 bits per heavy atom. The summed E-state index contributed by atoms with van der Waals surface area (Å²) in [5.74, 6) is 0.903. The predicted octanol–water partition coefficient (Wildman–Crippen LogP) is 1.25. The summed E-state index contributed by atoms with van der Waals surface area (Å²) in [5, 5.41) is 8.07. The van der Waals surface area contributed by atoms with Gasteiger partial charge in [-0.3, -0.25) is 4.68 Å². The van der Waals surface area contributed by atoms with Crippen LogP contribution in [0.5, 0.6) is 5.75 Å². The van der Waals surface area contributed by atoms with Crippen molar-refractivity contribution in [3.05, 3.63) is 42.2 Å². The van der Waals surface area contributed by atoms with Crippen LogP contribution in [0.1, 0.15) is 12.1 Å². The second-order valence-corrected chi connectivity index (χ2v) is 4.03. The van der Waals surface area contributed by atoms with Crippen LogP contribution in [0.25, 0.3) is 0 Å². The van der Waals surface area contributed by atoms with Gasteiger partial charge in [-0.15, -0.1) is 5.10 Å². The Labute approximate surface area is 107 Å². The summed E-state index contributed by atoms with van der Waals surface area (Å²) in [4.78, 5) is 0. The fourth-order valence-electron chi connectivity index (χ4n) is 1.64. The van der Waals surface area contributed by atoms with Gasteiger partial charge in [0.1, 0.15) is 5.75 Å². The second kappa shape index (κ2) is 6.76. The van der Waals surface area contributed by atoms with Crippen LogP contribution in [-0.4, -0.2) is 28.1 Å². The Morgan fingerprint density at radius 1 is 1.22 bits per heavy atom. The van der Waals surface area contributed by atoms with Crippen molar-refractivity contribution in [2.45, 2.75) is 19.4 Å². The summed E-state index contributed by atoms with van der Waals surface area (Å²) in [6.45, 7) is 2.09. The summed E-state index contributed by atoms with van der Waals surface area (Å²) in [6.07, 6.45) is 3.62. The van der Waals surface area contributed by atoms with E-state index in [2.05, 4.69) is 10.3 Å². The zero-order valence-corrected chi connectivity index (χ0v) is 10.3. The van der Waals surface area contributed by atoms with Gasteiger partial charge in [0.05, 0.1) is 12.3 Å². The first-order valence-electron chi connectivity index (χ1n) is 6.15. The Kier molecular flexibility index (Phi) is 4.72. The lowest BCUT2D eigenvalue weighted by Gasteiger charge is -2.05. The largest absolute Gasteiger partial charge is 0.494 e. The van der Waals surface area contributed by atoms with Crippen LogP contribution < -0.4 is 10.5 Å². The molecule has 0 aliphatic heterocycles. The SMILES string of the molecule is NCCc1cn(CCCOc2ccccc2)nn1. The number of benzene rings is 1. The monoisotopic (exact) mass is 246 g/mol. The van der Waals surface area contributed by atoms with E-state index in [0.29, 0.717) is 13.2 Å². The van der Waals surface area contributed by atoms with Crippen LogP contribution in [0.3, 0.4) is 0 Å². The number of aromatic nitrogens is 3. The Balaban J connectivity index is 1.68. The quantitative estimate of drug-likeness (QED) is 0.747. The van der Waals surface area contributed by atoms with E-state index in [1.165, 1.54) is 0 Å². The molecule has 0 aliphatic rings. The molecule has 0 radical (unpaired) electrons. The molecule has 1 aromatic heterocycles. The lowest BCUT2D eigenvalue weighted by atomic mass is 10.3. The maximum Gasteiger partial charge on any atom is 0.119 e. The standard InChI is InChI=1S/C13H18N4O/c14-8-7-12-11-17(16-15-12)9-4-10-18-13-5-2-1-3-6-13/h1-3,5-6,11H,4,7-10,14H2. The lowest BCUT2D eigenvalue weighted by Crippen LogP contribution is -2.05. The van der Waals surface area contributed by atoms with Crippen molar-refractivity contribution in [1.82, 2.24) is 15.0 Å². The number of hydrogen-bond acceptors (Lipinski definition) is 4. The average molecular weight is 246 g/mol. The smallest absolute Gasteiger partial charge is 0.119 e. The summed E-state index contributed by atoms with van der Waals surface area (Å²) in [6, 6.07) is 9.81. The molecule has 0 saturated carbocycles. The molecule has 0 amide bonds. The number of nitrogens with zero attached hydrogens (tertiary/aromatic N) is 3. The van der Waals surface area contributed by atoms with E-state index in [0.717, 1.165) is 30.8 Å². The fraction of sp³-hybridized carbons (Fsp3) is 0.385. The molecule has 0 bridgehead atoms. The minimum absolute atomic E-state index is 0.607. The third kappa shape index (κ3) is 3.85. The molecule has 96 valence electrons. The van der Waals surface area contributed by atoms with Crippen LogP contribution in [0.4, 0.5) is 0 Å². The van der Waals surface area contributed by atoms with Crippen molar-refractivity contribution in [3.63, 3.8) is 0 Å². The molecular weight excluding hydrogens is 228 g/mol. The molecule has 0 saturated heterocycles. The van der Waals surface area contributed by atoms with Crippen molar-refractivity contribution in [2.75, 3.05) is 13.2 Å². The Hall–Kier alpha value is -1.88. The number of ether oxygens (including phenoxy) is 1. The number of para-hydroxylation sites is 1. The highest BCUT2D eigenvalue weighted by molar-refractivity contribution is 5.20. The van der Waals surface area contributed by atoms with Gasteiger partial charge in [0.2, 0.25) is 0 Å². The van der Waals surface area contributed by atoms with E-state index in [-0.39, 0.29) is 0 Å². The molecule has 0 fully saturated rings. The van der Waals surface area contributed by atoms with Gasteiger partial charge in [-0.25, -0.2) is 0 Å². The van der Waals surface area contributed by atoms with E-state index in [1.807, 2.05) is 41.2 Å². The maximum atomic E-state index is 5.60. The van der Waals surface area contributed by atoms with Gasteiger partial charge in [0.25, 0.3) is 0 Å². The molecule has 1 aromatic carbocycles.